The number of allylic oxidation sites excluding steroid dienone is 1. The van der Waals surface area contributed by atoms with Gasteiger partial charge in [-0.2, -0.15) is 0 Å². The molecule has 1 aromatic carbocycles. The van der Waals surface area contributed by atoms with E-state index < -0.39 is 0 Å². The lowest BCUT2D eigenvalue weighted by Crippen LogP contribution is -2.51. The lowest BCUT2D eigenvalue weighted by atomic mass is 9.47. The van der Waals surface area contributed by atoms with Gasteiger partial charge >= 0.3 is 0 Å². The third-order valence-electron chi connectivity index (χ3n) is 12.3. The molecule has 4 aliphatic carbocycles. The molecule has 222 valence electrons. The molecule has 2 heteroatoms. The molecular formula is C40H50O2. The molecule has 4 fully saturated rings. The van der Waals surface area contributed by atoms with Gasteiger partial charge < -0.3 is 9.47 Å². The van der Waals surface area contributed by atoms with Gasteiger partial charge in [0.25, 0.3) is 0 Å². The molecule has 0 bridgehead atoms. The topological polar surface area (TPSA) is 18.5 Å². The summed E-state index contributed by atoms with van der Waals surface area (Å²) in [6.07, 6.45) is 19.2. The fourth-order valence-corrected chi connectivity index (χ4v) is 10.0. The van der Waals surface area contributed by atoms with Crippen LogP contribution in [0.5, 0.6) is 0 Å². The fourth-order valence-electron chi connectivity index (χ4n) is 10.0. The lowest BCUT2D eigenvalue weighted by Gasteiger charge is -2.58. The van der Waals surface area contributed by atoms with Crippen LogP contribution in [0.3, 0.4) is 0 Å². The highest BCUT2D eigenvalue weighted by Gasteiger charge is 2.59. The maximum atomic E-state index is 6.48. The molecule has 42 heavy (non-hydrogen) atoms. The van der Waals surface area contributed by atoms with Gasteiger partial charge in [-0.3, -0.25) is 0 Å². The van der Waals surface area contributed by atoms with Crippen molar-refractivity contribution in [2.45, 2.75) is 117 Å². The Morgan fingerprint density at radius 3 is 2.62 bits per heavy atom. The van der Waals surface area contributed by atoms with Gasteiger partial charge in [-0.25, -0.2) is 0 Å². The molecular weight excluding hydrogens is 512 g/mol. The largest absolute Gasteiger partial charge is 0.353 e. The van der Waals surface area contributed by atoms with Gasteiger partial charge in [0, 0.05) is 18.6 Å². The van der Waals surface area contributed by atoms with Crippen molar-refractivity contribution in [3.63, 3.8) is 0 Å². The third-order valence-corrected chi connectivity index (χ3v) is 12.3. The first-order valence-electron chi connectivity index (χ1n) is 17.0. The molecule has 9 atom stereocenters. The van der Waals surface area contributed by atoms with Crippen molar-refractivity contribution in [1.29, 1.82) is 0 Å². The predicted octanol–water partition coefficient (Wildman–Crippen LogP) is 8.95. The molecule has 2 nitrogen and oxygen atoms in total. The Morgan fingerprint density at radius 1 is 0.929 bits per heavy atom. The van der Waals surface area contributed by atoms with E-state index in [9.17, 15) is 0 Å². The van der Waals surface area contributed by atoms with Crippen LogP contribution in [0.2, 0.25) is 0 Å². The summed E-state index contributed by atoms with van der Waals surface area (Å²) in [5.74, 6) is 22.3. The summed E-state index contributed by atoms with van der Waals surface area (Å²) in [5, 5.41) is 0. The van der Waals surface area contributed by atoms with E-state index in [1.807, 2.05) is 30.3 Å². The second-order valence-electron chi connectivity index (χ2n) is 14.5. The zero-order valence-electron chi connectivity index (χ0n) is 26.2. The second kappa shape index (κ2) is 13.1. The van der Waals surface area contributed by atoms with E-state index in [0.717, 1.165) is 61.0 Å². The molecule has 0 amide bonds. The highest BCUT2D eigenvalue weighted by Crippen LogP contribution is 2.67. The summed E-state index contributed by atoms with van der Waals surface area (Å²) < 4.78 is 12.4. The molecule has 0 aromatic heterocycles. The number of benzene rings is 1. The second-order valence-corrected chi connectivity index (χ2v) is 14.5. The molecule has 1 unspecified atom stereocenters. The van der Waals surface area contributed by atoms with Gasteiger partial charge in [-0.15, -0.1) is 0 Å². The summed E-state index contributed by atoms with van der Waals surface area (Å²) in [7, 11) is 0. The minimum Gasteiger partial charge on any atom is -0.353 e. The maximum absolute atomic E-state index is 6.48. The SMILES string of the molecule is C[C@H](CCC#CC#CC#Cc1ccccc1)[C@H]1CC[C@H]2[C@@H]3CC=C4C[C@@H](OC5CCCCO5)CC[C@]4(C)[C@H]3CC[C@]12C. The average molecular weight is 563 g/mol. The Balaban J connectivity index is 1.03. The van der Waals surface area contributed by atoms with Crippen molar-refractivity contribution in [3.05, 3.63) is 47.5 Å². The zero-order chi connectivity index (χ0) is 29.0. The van der Waals surface area contributed by atoms with Crippen LogP contribution in [0.4, 0.5) is 0 Å². The monoisotopic (exact) mass is 562 g/mol. The third kappa shape index (κ3) is 6.12. The van der Waals surface area contributed by atoms with E-state index in [-0.39, 0.29) is 6.29 Å². The molecule has 0 radical (unpaired) electrons. The molecule has 5 aliphatic rings. The smallest absolute Gasteiger partial charge is 0.157 e. The van der Waals surface area contributed by atoms with Crippen molar-refractivity contribution < 1.29 is 9.47 Å². The maximum Gasteiger partial charge on any atom is 0.157 e. The van der Waals surface area contributed by atoms with E-state index in [0.29, 0.717) is 16.9 Å². The van der Waals surface area contributed by atoms with Crippen LogP contribution >= 0.6 is 0 Å². The normalized spacial score (nSPS) is 37.5. The Kier molecular flexibility index (Phi) is 9.21. The molecule has 0 N–H and O–H groups in total. The summed E-state index contributed by atoms with van der Waals surface area (Å²) in [6.45, 7) is 8.66. The van der Waals surface area contributed by atoms with Crippen LogP contribution in [-0.2, 0) is 9.47 Å². The van der Waals surface area contributed by atoms with Gasteiger partial charge in [-0.1, -0.05) is 62.5 Å². The van der Waals surface area contributed by atoms with Gasteiger partial charge in [0.15, 0.2) is 6.29 Å². The van der Waals surface area contributed by atoms with E-state index in [1.54, 1.807) is 5.57 Å². The quantitative estimate of drug-likeness (QED) is 0.263. The molecule has 0 spiro atoms. The van der Waals surface area contributed by atoms with Gasteiger partial charge in [0.05, 0.1) is 6.10 Å². The summed E-state index contributed by atoms with van der Waals surface area (Å²) >= 11 is 0. The van der Waals surface area contributed by atoms with Gasteiger partial charge in [-0.05, 0) is 153 Å². The standard InChI is InChI=1S/C40H50O2/c1-30(15-9-6-4-5-7-10-16-31-17-11-8-12-18-31)35-22-23-36-34-21-20-32-29-33(42-38-19-13-14-28-41-38)24-26-39(32,2)37(34)25-27-40(35,36)3/h8,11-12,17-18,20,30,33-38H,9,13-15,19,21-29H2,1-3H3/t30-,33+,34+,35-,36+,37+,38?,39+,40-/m1/s1. The molecule has 1 aliphatic heterocycles. The van der Waals surface area contributed by atoms with Crippen molar-refractivity contribution in [2.24, 2.45) is 40.4 Å². The van der Waals surface area contributed by atoms with Crippen molar-refractivity contribution >= 4 is 0 Å². The Bertz CT molecular complexity index is 1300. The van der Waals surface area contributed by atoms with Crippen LogP contribution < -0.4 is 0 Å². The van der Waals surface area contributed by atoms with E-state index in [1.165, 1.54) is 64.2 Å². The molecule has 1 heterocycles. The number of rotatable bonds is 5. The Hall–Kier alpha value is -2.44. The minimum atomic E-state index is 0.0380. The summed E-state index contributed by atoms with van der Waals surface area (Å²) in [4.78, 5) is 0. The van der Waals surface area contributed by atoms with Crippen molar-refractivity contribution in [2.75, 3.05) is 6.61 Å². The van der Waals surface area contributed by atoms with Crippen molar-refractivity contribution in [3.8, 4) is 35.5 Å². The highest BCUT2D eigenvalue weighted by molar-refractivity contribution is 5.42. The minimum absolute atomic E-state index is 0.0380. The number of hydrogen-bond donors (Lipinski definition) is 0. The number of fused-ring (bicyclic) bond motifs is 5. The van der Waals surface area contributed by atoms with Gasteiger partial charge in [0.1, 0.15) is 0 Å². The first kappa shape index (κ1) is 29.6. The molecule has 6 rings (SSSR count). The molecule has 1 saturated heterocycles. The average Bonchev–Trinajstić information content (AvgIpc) is 3.37. The van der Waals surface area contributed by atoms with E-state index in [2.05, 4.69) is 62.4 Å². The summed E-state index contributed by atoms with van der Waals surface area (Å²) in [6, 6.07) is 9.99. The number of hydrogen-bond acceptors (Lipinski definition) is 2. The van der Waals surface area contributed by atoms with Crippen LogP contribution in [0, 0.1) is 75.9 Å². The Morgan fingerprint density at radius 2 is 1.79 bits per heavy atom. The van der Waals surface area contributed by atoms with Crippen molar-refractivity contribution in [1.82, 2.24) is 0 Å². The van der Waals surface area contributed by atoms with Crippen LogP contribution in [0.25, 0.3) is 0 Å². The van der Waals surface area contributed by atoms with E-state index in [4.69, 9.17) is 9.47 Å². The number of ether oxygens (including phenoxy) is 2. The van der Waals surface area contributed by atoms with Gasteiger partial charge in [0.2, 0.25) is 0 Å². The first-order valence-corrected chi connectivity index (χ1v) is 17.0. The first-order chi connectivity index (χ1) is 20.5. The van der Waals surface area contributed by atoms with E-state index >= 15 is 0 Å². The predicted molar refractivity (Wildman–Crippen MR) is 171 cm³/mol. The summed E-state index contributed by atoms with van der Waals surface area (Å²) in [5.41, 5.74) is 3.58. The fraction of sp³-hybridized carbons (Fsp3) is 0.650. The molecule has 3 saturated carbocycles. The zero-order valence-corrected chi connectivity index (χ0v) is 26.2. The van der Waals surface area contributed by atoms with Crippen LogP contribution in [0.15, 0.2) is 42.0 Å². The lowest BCUT2D eigenvalue weighted by molar-refractivity contribution is -0.195. The highest BCUT2D eigenvalue weighted by atomic mass is 16.7. The van der Waals surface area contributed by atoms with Crippen LogP contribution in [0.1, 0.15) is 110 Å². The molecule has 1 aromatic rings. The van der Waals surface area contributed by atoms with Crippen LogP contribution in [-0.4, -0.2) is 19.0 Å². The Labute approximate surface area is 255 Å².